The number of rotatable bonds is 4. The molecule has 3 aliphatic heterocycles. The molecule has 0 bridgehead atoms. The Morgan fingerprint density at radius 2 is 2.11 bits per heavy atom. The Kier molecular flexibility index (Phi) is 3.41. The fourth-order valence-electron chi connectivity index (χ4n) is 3.71. The Hall–Kier alpha value is -0.130. The topological polar surface area (TPSA) is 55.4 Å². The van der Waals surface area contributed by atoms with E-state index in [1.54, 1.807) is 0 Å². The SMILES string of the molecule is O=S1(=O)CCC(C2(CCC3CCCO3)CNC2)C1. The van der Waals surface area contributed by atoms with E-state index in [-0.39, 0.29) is 5.41 Å². The van der Waals surface area contributed by atoms with E-state index in [2.05, 4.69) is 5.32 Å². The molecular weight excluding hydrogens is 250 g/mol. The van der Waals surface area contributed by atoms with Crippen LogP contribution in [0.15, 0.2) is 0 Å². The summed E-state index contributed by atoms with van der Waals surface area (Å²) in [4.78, 5) is 0. The lowest BCUT2D eigenvalue weighted by Gasteiger charge is -2.47. The van der Waals surface area contributed by atoms with Crippen LogP contribution in [-0.4, -0.2) is 45.7 Å². The van der Waals surface area contributed by atoms with Gasteiger partial charge in [0.1, 0.15) is 0 Å². The van der Waals surface area contributed by atoms with Crippen molar-refractivity contribution < 1.29 is 13.2 Å². The minimum absolute atomic E-state index is 0.246. The average molecular weight is 273 g/mol. The molecule has 0 aromatic rings. The van der Waals surface area contributed by atoms with Crippen molar-refractivity contribution in [3.63, 3.8) is 0 Å². The molecular formula is C13H23NO3S. The van der Waals surface area contributed by atoms with E-state index in [4.69, 9.17) is 4.74 Å². The molecule has 2 unspecified atom stereocenters. The standard InChI is InChI=1S/C13H23NO3S/c15-18(16)7-4-11(8-18)13(9-14-10-13)5-3-12-2-1-6-17-12/h11-12,14H,1-10H2. The Morgan fingerprint density at radius 3 is 2.61 bits per heavy atom. The van der Waals surface area contributed by atoms with Gasteiger partial charge in [-0.3, -0.25) is 0 Å². The quantitative estimate of drug-likeness (QED) is 0.829. The Balaban J connectivity index is 1.59. The highest BCUT2D eigenvalue weighted by molar-refractivity contribution is 7.91. The van der Waals surface area contributed by atoms with Gasteiger partial charge in [-0.05, 0) is 43.4 Å². The largest absolute Gasteiger partial charge is 0.378 e. The van der Waals surface area contributed by atoms with E-state index in [1.165, 1.54) is 12.8 Å². The van der Waals surface area contributed by atoms with E-state index in [0.717, 1.165) is 39.0 Å². The second kappa shape index (κ2) is 4.76. The number of hydrogen-bond donors (Lipinski definition) is 1. The third-order valence-electron chi connectivity index (χ3n) is 5.04. The summed E-state index contributed by atoms with van der Waals surface area (Å²) in [6.45, 7) is 2.91. The fraction of sp³-hybridized carbons (Fsp3) is 1.00. The van der Waals surface area contributed by atoms with E-state index in [1.807, 2.05) is 0 Å². The zero-order chi connectivity index (χ0) is 12.6. The van der Waals surface area contributed by atoms with Crippen molar-refractivity contribution in [1.29, 1.82) is 0 Å². The number of sulfone groups is 1. The lowest BCUT2D eigenvalue weighted by molar-refractivity contribution is 0.0421. The van der Waals surface area contributed by atoms with Gasteiger partial charge in [0, 0.05) is 19.7 Å². The zero-order valence-electron chi connectivity index (χ0n) is 10.9. The van der Waals surface area contributed by atoms with Gasteiger partial charge < -0.3 is 10.1 Å². The van der Waals surface area contributed by atoms with Crippen LogP contribution in [0, 0.1) is 11.3 Å². The summed E-state index contributed by atoms with van der Waals surface area (Å²) in [6, 6.07) is 0. The third kappa shape index (κ3) is 2.45. The molecule has 0 aromatic carbocycles. The van der Waals surface area contributed by atoms with Gasteiger partial charge in [0.15, 0.2) is 9.84 Å². The van der Waals surface area contributed by atoms with Crippen molar-refractivity contribution in [2.45, 2.75) is 38.2 Å². The molecule has 4 nitrogen and oxygen atoms in total. The van der Waals surface area contributed by atoms with Gasteiger partial charge in [-0.1, -0.05) is 0 Å². The van der Waals surface area contributed by atoms with E-state index < -0.39 is 9.84 Å². The van der Waals surface area contributed by atoms with Crippen LogP contribution in [0.3, 0.4) is 0 Å². The Labute approximate surface area is 109 Å². The molecule has 3 rings (SSSR count). The molecule has 0 radical (unpaired) electrons. The number of ether oxygens (including phenoxy) is 1. The summed E-state index contributed by atoms with van der Waals surface area (Å²) in [5.74, 6) is 1.20. The first-order chi connectivity index (χ1) is 8.60. The summed E-state index contributed by atoms with van der Waals surface area (Å²) in [5, 5.41) is 3.35. The van der Waals surface area contributed by atoms with Crippen LogP contribution >= 0.6 is 0 Å². The summed E-state index contributed by atoms with van der Waals surface area (Å²) in [6.07, 6.45) is 5.92. The highest BCUT2D eigenvalue weighted by Gasteiger charge is 2.48. The van der Waals surface area contributed by atoms with Crippen molar-refractivity contribution in [2.24, 2.45) is 11.3 Å². The predicted octanol–water partition coefficient (Wildman–Crippen LogP) is 0.970. The van der Waals surface area contributed by atoms with Gasteiger partial charge >= 0.3 is 0 Å². The van der Waals surface area contributed by atoms with Crippen LogP contribution in [0.2, 0.25) is 0 Å². The Bertz CT molecular complexity index is 396. The lowest BCUT2D eigenvalue weighted by Crippen LogP contribution is -2.58. The second-order valence-electron chi connectivity index (χ2n) is 6.24. The van der Waals surface area contributed by atoms with Crippen molar-refractivity contribution >= 4 is 9.84 Å². The minimum atomic E-state index is -2.75. The van der Waals surface area contributed by atoms with Crippen LogP contribution < -0.4 is 5.32 Å². The maximum atomic E-state index is 11.6. The Morgan fingerprint density at radius 1 is 1.28 bits per heavy atom. The van der Waals surface area contributed by atoms with Crippen molar-refractivity contribution in [1.82, 2.24) is 5.32 Å². The van der Waals surface area contributed by atoms with Gasteiger partial charge in [-0.25, -0.2) is 8.42 Å². The van der Waals surface area contributed by atoms with Crippen molar-refractivity contribution in [2.75, 3.05) is 31.2 Å². The van der Waals surface area contributed by atoms with Gasteiger partial charge in [-0.15, -0.1) is 0 Å². The average Bonchev–Trinajstić information content (AvgIpc) is 2.87. The molecule has 3 aliphatic rings. The monoisotopic (exact) mass is 273 g/mol. The third-order valence-corrected chi connectivity index (χ3v) is 6.81. The summed E-state index contributed by atoms with van der Waals surface area (Å²) >= 11 is 0. The van der Waals surface area contributed by atoms with Crippen LogP contribution in [-0.2, 0) is 14.6 Å². The molecule has 3 heterocycles. The molecule has 3 saturated heterocycles. The van der Waals surface area contributed by atoms with Crippen LogP contribution in [0.4, 0.5) is 0 Å². The molecule has 104 valence electrons. The first-order valence-corrected chi connectivity index (χ1v) is 8.95. The zero-order valence-corrected chi connectivity index (χ0v) is 11.7. The summed E-state index contributed by atoms with van der Waals surface area (Å²) < 4.78 is 29.0. The second-order valence-corrected chi connectivity index (χ2v) is 8.47. The molecule has 5 heteroatoms. The molecule has 18 heavy (non-hydrogen) atoms. The smallest absolute Gasteiger partial charge is 0.150 e. The number of nitrogens with one attached hydrogen (secondary N) is 1. The molecule has 2 atom stereocenters. The predicted molar refractivity (Wildman–Crippen MR) is 70.3 cm³/mol. The highest BCUT2D eigenvalue weighted by atomic mass is 32.2. The van der Waals surface area contributed by atoms with Gasteiger partial charge in [0.05, 0.1) is 17.6 Å². The van der Waals surface area contributed by atoms with Crippen molar-refractivity contribution in [3.8, 4) is 0 Å². The fourth-order valence-corrected chi connectivity index (χ4v) is 5.66. The first-order valence-electron chi connectivity index (χ1n) is 7.12. The van der Waals surface area contributed by atoms with Gasteiger partial charge in [0.25, 0.3) is 0 Å². The number of hydrogen-bond acceptors (Lipinski definition) is 4. The maximum Gasteiger partial charge on any atom is 0.150 e. The summed E-state index contributed by atoms with van der Waals surface area (Å²) in [7, 11) is -2.75. The molecule has 0 amide bonds. The van der Waals surface area contributed by atoms with Crippen LogP contribution in [0.1, 0.15) is 32.1 Å². The van der Waals surface area contributed by atoms with Crippen LogP contribution in [0.25, 0.3) is 0 Å². The molecule has 0 aromatic heterocycles. The minimum Gasteiger partial charge on any atom is -0.378 e. The summed E-state index contributed by atoms with van der Waals surface area (Å²) in [5.41, 5.74) is 0.246. The maximum absolute atomic E-state index is 11.6. The molecule has 0 aliphatic carbocycles. The van der Waals surface area contributed by atoms with E-state index in [9.17, 15) is 8.42 Å². The molecule has 3 fully saturated rings. The van der Waals surface area contributed by atoms with E-state index in [0.29, 0.717) is 23.5 Å². The molecule has 1 N–H and O–H groups in total. The van der Waals surface area contributed by atoms with Crippen LogP contribution in [0.5, 0.6) is 0 Å². The highest BCUT2D eigenvalue weighted by Crippen LogP contribution is 2.43. The molecule has 0 saturated carbocycles. The van der Waals surface area contributed by atoms with Gasteiger partial charge in [0.2, 0.25) is 0 Å². The first kappa shape index (κ1) is 12.9. The van der Waals surface area contributed by atoms with E-state index >= 15 is 0 Å². The normalized spacial score (nSPS) is 37.6. The van der Waals surface area contributed by atoms with Crippen molar-refractivity contribution in [3.05, 3.63) is 0 Å². The molecule has 0 spiro atoms. The van der Waals surface area contributed by atoms with Gasteiger partial charge in [-0.2, -0.15) is 0 Å². The lowest BCUT2D eigenvalue weighted by atomic mass is 9.67.